The van der Waals surface area contributed by atoms with Crippen molar-refractivity contribution in [3.63, 3.8) is 0 Å². The molecule has 3 rings (SSSR count). The predicted octanol–water partition coefficient (Wildman–Crippen LogP) is -0.0779. The molecular formula is C18H19N3O6. The number of nitrogens with zero attached hydrogens (tertiary/aromatic N) is 2. The zero-order valence-electron chi connectivity index (χ0n) is 14.8. The summed E-state index contributed by atoms with van der Waals surface area (Å²) >= 11 is 0. The second-order valence-corrected chi connectivity index (χ2v) is 6.20. The van der Waals surface area contributed by atoms with Crippen molar-refractivity contribution in [3.8, 4) is 0 Å². The number of carbonyl (C=O) groups excluding carboxylic acids is 4. The maximum Gasteiger partial charge on any atom is 0.355 e. The fourth-order valence-electron chi connectivity index (χ4n) is 3.05. The molecule has 2 aliphatic rings. The van der Waals surface area contributed by atoms with Crippen molar-refractivity contribution in [2.24, 2.45) is 5.10 Å². The van der Waals surface area contributed by atoms with Crippen LogP contribution < -0.4 is 5.43 Å². The Morgan fingerprint density at radius 2 is 1.96 bits per heavy atom. The fourth-order valence-corrected chi connectivity index (χ4v) is 3.05. The van der Waals surface area contributed by atoms with Gasteiger partial charge in [0.05, 0.1) is 7.11 Å². The molecule has 0 saturated heterocycles. The Labute approximate surface area is 155 Å². The van der Waals surface area contributed by atoms with Crippen LogP contribution in [0.15, 0.2) is 29.4 Å². The Morgan fingerprint density at radius 1 is 1.22 bits per heavy atom. The molecule has 1 N–H and O–H groups in total. The number of hydrogen-bond acceptors (Lipinski definition) is 7. The van der Waals surface area contributed by atoms with Crippen molar-refractivity contribution >= 4 is 29.5 Å². The summed E-state index contributed by atoms with van der Waals surface area (Å²) in [6.07, 6.45) is 0.622. The van der Waals surface area contributed by atoms with E-state index in [0.29, 0.717) is 6.42 Å². The largest absolute Gasteiger partial charge is 0.467 e. The minimum absolute atomic E-state index is 0.0518. The van der Waals surface area contributed by atoms with Crippen LogP contribution in [-0.4, -0.2) is 54.1 Å². The maximum absolute atomic E-state index is 12.6. The molecule has 1 aromatic rings. The van der Waals surface area contributed by atoms with Gasteiger partial charge in [0.2, 0.25) is 5.91 Å². The molecule has 0 radical (unpaired) electrons. The van der Waals surface area contributed by atoms with Crippen LogP contribution in [0.5, 0.6) is 0 Å². The second-order valence-electron chi connectivity index (χ2n) is 6.20. The van der Waals surface area contributed by atoms with Crippen molar-refractivity contribution in [1.29, 1.82) is 0 Å². The van der Waals surface area contributed by atoms with Gasteiger partial charge in [-0.2, -0.15) is 5.10 Å². The summed E-state index contributed by atoms with van der Waals surface area (Å²) in [6.45, 7) is -0.301. The minimum Gasteiger partial charge on any atom is -0.467 e. The lowest BCUT2D eigenvalue weighted by molar-refractivity contribution is -0.157. The number of fused-ring (bicyclic) bond motifs is 1. The molecule has 1 aromatic carbocycles. The first kappa shape index (κ1) is 18.6. The summed E-state index contributed by atoms with van der Waals surface area (Å²) in [7, 11) is 1.26. The first-order valence-corrected chi connectivity index (χ1v) is 8.46. The number of carbonyl (C=O) groups is 4. The molecule has 2 aliphatic heterocycles. The van der Waals surface area contributed by atoms with E-state index >= 15 is 0 Å². The molecule has 0 aliphatic carbocycles. The maximum atomic E-state index is 12.6. The van der Waals surface area contributed by atoms with E-state index in [1.165, 1.54) is 12.0 Å². The van der Waals surface area contributed by atoms with Crippen LogP contribution >= 0.6 is 0 Å². The molecule has 2 amide bonds. The highest BCUT2D eigenvalue weighted by molar-refractivity contribution is 6.37. The molecule has 0 aromatic heterocycles. The quantitative estimate of drug-likeness (QED) is 0.739. The van der Waals surface area contributed by atoms with Gasteiger partial charge in [-0.3, -0.25) is 9.59 Å². The third-order valence-electron chi connectivity index (χ3n) is 4.51. The molecule has 27 heavy (non-hydrogen) atoms. The molecular weight excluding hydrogens is 354 g/mol. The lowest BCUT2D eigenvalue weighted by Crippen LogP contribution is -2.50. The van der Waals surface area contributed by atoms with Gasteiger partial charge in [0.25, 0.3) is 5.91 Å². The van der Waals surface area contributed by atoms with Gasteiger partial charge in [-0.1, -0.05) is 24.3 Å². The van der Waals surface area contributed by atoms with Gasteiger partial charge >= 0.3 is 11.9 Å². The van der Waals surface area contributed by atoms with Gasteiger partial charge in [0, 0.05) is 25.8 Å². The Morgan fingerprint density at radius 3 is 2.63 bits per heavy atom. The van der Waals surface area contributed by atoms with E-state index in [0.717, 1.165) is 11.1 Å². The van der Waals surface area contributed by atoms with Crippen molar-refractivity contribution in [1.82, 2.24) is 10.3 Å². The molecule has 0 unspecified atom stereocenters. The molecule has 9 heteroatoms. The number of benzene rings is 1. The number of ether oxygens (including phenoxy) is 2. The van der Waals surface area contributed by atoms with E-state index in [1.807, 2.05) is 24.3 Å². The highest BCUT2D eigenvalue weighted by Gasteiger charge is 2.35. The summed E-state index contributed by atoms with van der Waals surface area (Å²) in [5.41, 5.74) is 4.15. The summed E-state index contributed by atoms with van der Waals surface area (Å²) in [4.78, 5) is 49.1. The molecule has 2 heterocycles. The molecule has 0 fully saturated rings. The van der Waals surface area contributed by atoms with Crippen molar-refractivity contribution in [3.05, 3.63) is 35.4 Å². The first-order valence-electron chi connectivity index (χ1n) is 8.46. The van der Waals surface area contributed by atoms with Crippen LogP contribution in [0.3, 0.4) is 0 Å². The molecule has 0 bridgehead atoms. The van der Waals surface area contributed by atoms with Crippen LogP contribution in [0, 0.1) is 0 Å². The van der Waals surface area contributed by atoms with Gasteiger partial charge in [-0.15, -0.1) is 0 Å². The van der Waals surface area contributed by atoms with Crippen molar-refractivity contribution in [2.45, 2.75) is 31.8 Å². The molecule has 0 spiro atoms. The summed E-state index contributed by atoms with van der Waals surface area (Å²) in [6, 6.07) is 6.74. The van der Waals surface area contributed by atoms with E-state index in [2.05, 4.69) is 10.5 Å². The van der Waals surface area contributed by atoms with Gasteiger partial charge < -0.3 is 14.4 Å². The Balaban J connectivity index is 1.67. The summed E-state index contributed by atoms with van der Waals surface area (Å²) in [5, 5.41) is 3.63. The van der Waals surface area contributed by atoms with Gasteiger partial charge in [-0.05, 0) is 11.1 Å². The Hall–Kier alpha value is -3.23. The second kappa shape index (κ2) is 7.98. The van der Waals surface area contributed by atoms with Crippen LogP contribution in [0.1, 0.15) is 24.0 Å². The molecule has 142 valence electrons. The highest BCUT2D eigenvalue weighted by atomic mass is 16.5. The number of esters is 2. The van der Waals surface area contributed by atoms with Crippen LogP contribution in [0.2, 0.25) is 0 Å². The minimum atomic E-state index is -0.776. The highest BCUT2D eigenvalue weighted by Crippen LogP contribution is 2.24. The number of hydrogen-bond donors (Lipinski definition) is 1. The summed E-state index contributed by atoms with van der Waals surface area (Å²) < 4.78 is 9.83. The zero-order valence-corrected chi connectivity index (χ0v) is 14.8. The lowest BCUT2D eigenvalue weighted by atomic mass is 9.94. The Kier molecular flexibility index (Phi) is 5.49. The molecule has 9 nitrogen and oxygen atoms in total. The topological polar surface area (TPSA) is 114 Å². The number of methoxy groups -OCH3 is 1. The fraction of sp³-hybridized carbons (Fsp3) is 0.389. The molecule has 1 atom stereocenters. The van der Waals surface area contributed by atoms with E-state index in [-0.39, 0.29) is 31.0 Å². The SMILES string of the molecule is COC(=O)[C@H]1Cc2ccccc2CN1C(=O)COC(=O)C1=NNC(=O)CC1. The predicted molar refractivity (Wildman–Crippen MR) is 92.3 cm³/mol. The monoisotopic (exact) mass is 373 g/mol. The van der Waals surface area contributed by atoms with Crippen molar-refractivity contribution < 1.29 is 28.7 Å². The third kappa shape index (κ3) is 4.13. The normalized spacial score (nSPS) is 18.7. The average molecular weight is 373 g/mol. The van der Waals surface area contributed by atoms with E-state index < -0.39 is 30.5 Å². The van der Waals surface area contributed by atoms with Crippen LogP contribution in [0.25, 0.3) is 0 Å². The zero-order chi connectivity index (χ0) is 19.4. The lowest BCUT2D eigenvalue weighted by Gasteiger charge is -2.35. The summed E-state index contributed by atoms with van der Waals surface area (Å²) in [5.74, 6) is -2.08. The van der Waals surface area contributed by atoms with Gasteiger partial charge in [0.15, 0.2) is 6.61 Å². The van der Waals surface area contributed by atoms with Crippen LogP contribution in [0.4, 0.5) is 0 Å². The Bertz CT molecular complexity index is 819. The number of amides is 2. The number of rotatable bonds is 4. The molecule has 0 saturated carbocycles. The average Bonchev–Trinajstić information content (AvgIpc) is 2.70. The number of nitrogens with one attached hydrogen (secondary N) is 1. The van der Waals surface area contributed by atoms with Gasteiger partial charge in [-0.25, -0.2) is 15.0 Å². The smallest absolute Gasteiger partial charge is 0.355 e. The van der Waals surface area contributed by atoms with Gasteiger partial charge in [0.1, 0.15) is 11.8 Å². The van der Waals surface area contributed by atoms with E-state index in [4.69, 9.17) is 9.47 Å². The first-order chi connectivity index (χ1) is 13.0. The van der Waals surface area contributed by atoms with E-state index in [9.17, 15) is 19.2 Å². The van der Waals surface area contributed by atoms with Crippen LogP contribution in [-0.2, 0) is 41.6 Å². The standard InChI is InChI=1S/C18H19N3O6/c1-26-18(25)14-8-11-4-2-3-5-12(11)9-21(14)16(23)10-27-17(24)13-6-7-15(22)20-19-13/h2-5,14H,6-10H2,1H3,(H,20,22)/t14-/m1/s1. The van der Waals surface area contributed by atoms with E-state index in [1.54, 1.807) is 0 Å². The number of hydrazone groups is 1. The van der Waals surface area contributed by atoms with Crippen molar-refractivity contribution in [2.75, 3.05) is 13.7 Å². The third-order valence-corrected chi connectivity index (χ3v) is 4.51.